The Labute approximate surface area is 97.4 Å². The molecule has 3 N–H and O–H groups in total. The van der Waals surface area contributed by atoms with Gasteiger partial charge in [0.1, 0.15) is 12.1 Å². The van der Waals surface area contributed by atoms with Gasteiger partial charge in [-0.25, -0.2) is 20.2 Å². The topological polar surface area (TPSA) is 73.1 Å². The Morgan fingerprint density at radius 3 is 2.94 bits per heavy atom. The van der Waals surface area contributed by atoms with Crippen molar-refractivity contribution in [2.75, 3.05) is 5.43 Å². The molecule has 0 spiro atoms. The van der Waals surface area contributed by atoms with Gasteiger partial charge in [0.05, 0.1) is 0 Å². The van der Waals surface area contributed by atoms with Crippen LogP contribution < -0.4 is 16.0 Å². The number of nitrogens with zero attached hydrogens (tertiary/aromatic N) is 2. The van der Waals surface area contributed by atoms with E-state index in [4.69, 9.17) is 10.6 Å². The van der Waals surface area contributed by atoms with Gasteiger partial charge in [0.15, 0.2) is 11.6 Å². The Kier molecular flexibility index (Phi) is 3.15. The number of nitrogen functional groups attached to an aromatic ring is 1. The zero-order valence-corrected chi connectivity index (χ0v) is 9.14. The molecular weight excluding hydrogens is 223 g/mol. The second-order valence-corrected chi connectivity index (χ2v) is 3.37. The van der Waals surface area contributed by atoms with Gasteiger partial charge in [0.25, 0.3) is 0 Å². The smallest absolute Gasteiger partial charge is 0.224 e. The monoisotopic (exact) mass is 234 g/mol. The summed E-state index contributed by atoms with van der Waals surface area (Å²) >= 11 is 0. The van der Waals surface area contributed by atoms with Gasteiger partial charge in [-0.05, 0) is 18.6 Å². The maximum atomic E-state index is 13.7. The van der Waals surface area contributed by atoms with Crippen molar-refractivity contribution in [1.82, 2.24) is 9.97 Å². The highest BCUT2D eigenvalue weighted by molar-refractivity contribution is 5.38. The molecular formula is C11H11FN4O. The zero-order valence-electron chi connectivity index (χ0n) is 9.14. The molecule has 1 aromatic carbocycles. The van der Waals surface area contributed by atoms with Crippen molar-refractivity contribution >= 4 is 5.82 Å². The highest BCUT2D eigenvalue weighted by atomic mass is 19.1. The molecule has 0 aliphatic carbocycles. The summed E-state index contributed by atoms with van der Waals surface area (Å²) in [5.74, 6) is 5.52. The lowest BCUT2D eigenvalue weighted by atomic mass is 10.2. The van der Waals surface area contributed by atoms with Crippen molar-refractivity contribution < 1.29 is 9.13 Å². The average Bonchev–Trinajstić information content (AvgIpc) is 2.35. The van der Waals surface area contributed by atoms with Crippen LogP contribution in [0.5, 0.6) is 11.6 Å². The second kappa shape index (κ2) is 4.75. The van der Waals surface area contributed by atoms with E-state index in [1.165, 1.54) is 18.5 Å². The van der Waals surface area contributed by atoms with Gasteiger partial charge in [-0.2, -0.15) is 0 Å². The fourth-order valence-corrected chi connectivity index (χ4v) is 1.29. The predicted octanol–water partition coefficient (Wildman–Crippen LogP) is 2.00. The number of hydrazine groups is 1. The minimum absolute atomic E-state index is 0.117. The molecule has 0 radical (unpaired) electrons. The van der Waals surface area contributed by atoms with Crippen molar-refractivity contribution in [3.8, 4) is 11.6 Å². The lowest BCUT2D eigenvalue weighted by Crippen LogP contribution is -2.08. The number of nitrogens with one attached hydrogen (secondary N) is 1. The summed E-state index contributed by atoms with van der Waals surface area (Å²) in [7, 11) is 0. The number of nitrogens with two attached hydrogens (primary N) is 1. The quantitative estimate of drug-likeness (QED) is 0.627. The molecule has 0 aliphatic rings. The number of rotatable bonds is 3. The molecule has 17 heavy (non-hydrogen) atoms. The molecule has 0 aliphatic heterocycles. The first-order chi connectivity index (χ1) is 8.20. The van der Waals surface area contributed by atoms with Gasteiger partial charge in [-0.3, -0.25) is 0 Å². The zero-order chi connectivity index (χ0) is 12.3. The van der Waals surface area contributed by atoms with Crippen LogP contribution in [0.25, 0.3) is 0 Å². The van der Waals surface area contributed by atoms with E-state index in [0.717, 1.165) is 0 Å². The van der Waals surface area contributed by atoms with Crippen molar-refractivity contribution in [3.63, 3.8) is 0 Å². The summed E-state index contributed by atoms with van der Waals surface area (Å²) in [4.78, 5) is 7.68. The standard InChI is InChI=1S/C11H11FN4O/c1-7-3-2-4-8(11(7)12)17-10-5-9(16-13)14-6-15-10/h2-6H,13H2,1H3,(H,14,15,16). The Morgan fingerprint density at radius 2 is 2.18 bits per heavy atom. The van der Waals surface area contributed by atoms with E-state index in [9.17, 15) is 4.39 Å². The Morgan fingerprint density at radius 1 is 1.35 bits per heavy atom. The summed E-state index contributed by atoms with van der Waals surface area (Å²) in [5, 5.41) is 0. The van der Waals surface area contributed by atoms with Crippen LogP contribution in [0, 0.1) is 12.7 Å². The molecule has 88 valence electrons. The van der Waals surface area contributed by atoms with Crippen LogP contribution in [-0.4, -0.2) is 9.97 Å². The van der Waals surface area contributed by atoms with E-state index in [-0.39, 0.29) is 11.6 Å². The lowest BCUT2D eigenvalue weighted by molar-refractivity contribution is 0.425. The number of hydrogen-bond donors (Lipinski definition) is 2. The molecule has 6 heteroatoms. The largest absolute Gasteiger partial charge is 0.436 e. The molecule has 0 amide bonds. The fraction of sp³-hybridized carbons (Fsp3) is 0.0909. The van der Waals surface area contributed by atoms with Crippen LogP contribution in [0.15, 0.2) is 30.6 Å². The van der Waals surface area contributed by atoms with Crippen molar-refractivity contribution in [1.29, 1.82) is 0 Å². The van der Waals surface area contributed by atoms with E-state index < -0.39 is 5.82 Å². The van der Waals surface area contributed by atoms with Crippen molar-refractivity contribution in [3.05, 3.63) is 42.0 Å². The van der Waals surface area contributed by atoms with Crippen LogP contribution >= 0.6 is 0 Å². The van der Waals surface area contributed by atoms with Gasteiger partial charge < -0.3 is 10.2 Å². The summed E-state index contributed by atoms with van der Waals surface area (Å²) < 4.78 is 19.0. The molecule has 2 rings (SSSR count). The minimum atomic E-state index is -0.409. The van der Waals surface area contributed by atoms with Gasteiger partial charge in [-0.15, -0.1) is 0 Å². The molecule has 0 unspecified atom stereocenters. The number of halogens is 1. The first-order valence-electron chi connectivity index (χ1n) is 4.92. The first-order valence-corrected chi connectivity index (χ1v) is 4.92. The normalized spacial score (nSPS) is 10.1. The van der Waals surface area contributed by atoms with Crippen LogP contribution in [0.3, 0.4) is 0 Å². The highest BCUT2D eigenvalue weighted by Gasteiger charge is 2.08. The van der Waals surface area contributed by atoms with E-state index >= 15 is 0 Å². The average molecular weight is 234 g/mol. The van der Waals surface area contributed by atoms with Crippen LogP contribution in [0.4, 0.5) is 10.2 Å². The van der Waals surface area contributed by atoms with E-state index in [0.29, 0.717) is 11.4 Å². The van der Waals surface area contributed by atoms with E-state index in [1.54, 1.807) is 19.1 Å². The minimum Gasteiger partial charge on any atom is -0.436 e. The van der Waals surface area contributed by atoms with E-state index in [1.807, 2.05) is 0 Å². The molecule has 1 aromatic heterocycles. The number of anilines is 1. The summed E-state index contributed by atoms with van der Waals surface area (Å²) in [6.45, 7) is 1.66. The third kappa shape index (κ3) is 2.48. The molecule has 0 saturated heterocycles. The number of benzene rings is 1. The second-order valence-electron chi connectivity index (χ2n) is 3.37. The van der Waals surface area contributed by atoms with Gasteiger partial charge >= 0.3 is 0 Å². The Bertz CT molecular complexity index is 533. The molecule has 0 fully saturated rings. The maximum Gasteiger partial charge on any atom is 0.224 e. The van der Waals surface area contributed by atoms with Crippen LogP contribution in [0.2, 0.25) is 0 Å². The van der Waals surface area contributed by atoms with Crippen molar-refractivity contribution in [2.45, 2.75) is 6.92 Å². The number of aromatic nitrogens is 2. The predicted molar refractivity (Wildman–Crippen MR) is 61.1 cm³/mol. The van der Waals surface area contributed by atoms with Gasteiger partial charge in [-0.1, -0.05) is 12.1 Å². The van der Waals surface area contributed by atoms with Gasteiger partial charge in [0, 0.05) is 6.07 Å². The maximum absolute atomic E-state index is 13.7. The molecule has 2 aromatic rings. The fourth-order valence-electron chi connectivity index (χ4n) is 1.29. The van der Waals surface area contributed by atoms with Crippen LogP contribution in [0.1, 0.15) is 5.56 Å². The summed E-state index contributed by atoms with van der Waals surface area (Å²) in [6.07, 6.45) is 1.28. The Balaban J connectivity index is 2.28. The van der Waals surface area contributed by atoms with Crippen molar-refractivity contribution in [2.24, 2.45) is 5.84 Å². The number of aryl methyl sites for hydroxylation is 1. The highest BCUT2D eigenvalue weighted by Crippen LogP contribution is 2.25. The molecule has 0 saturated carbocycles. The first kappa shape index (κ1) is 11.3. The molecule has 5 nitrogen and oxygen atoms in total. The van der Waals surface area contributed by atoms with Gasteiger partial charge in [0.2, 0.25) is 5.88 Å². The van der Waals surface area contributed by atoms with Crippen LogP contribution in [-0.2, 0) is 0 Å². The third-order valence-electron chi connectivity index (χ3n) is 2.16. The summed E-state index contributed by atoms with van der Waals surface area (Å²) in [5.41, 5.74) is 2.86. The Hall–Kier alpha value is -2.21. The SMILES string of the molecule is Cc1cccc(Oc2cc(NN)ncn2)c1F. The molecule has 0 atom stereocenters. The molecule has 1 heterocycles. The number of hydrogen-bond acceptors (Lipinski definition) is 5. The third-order valence-corrected chi connectivity index (χ3v) is 2.16. The summed E-state index contributed by atoms with van der Waals surface area (Å²) in [6, 6.07) is 6.37. The number of ether oxygens (including phenoxy) is 1. The van der Waals surface area contributed by atoms with E-state index in [2.05, 4.69) is 15.4 Å². The lowest BCUT2D eigenvalue weighted by Gasteiger charge is -2.07. The molecule has 0 bridgehead atoms.